The SMILES string of the molecule is CCCCNSc1cccc(C(=O)O)c1. The van der Waals surface area contributed by atoms with Crippen molar-refractivity contribution >= 4 is 17.9 Å². The molecule has 0 fully saturated rings. The molecule has 0 unspecified atom stereocenters. The van der Waals surface area contributed by atoms with Gasteiger partial charge in [0.15, 0.2) is 0 Å². The van der Waals surface area contributed by atoms with Crippen LogP contribution in [0.1, 0.15) is 30.1 Å². The number of carbonyl (C=O) groups is 1. The van der Waals surface area contributed by atoms with Crippen LogP contribution in [0.25, 0.3) is 0 Å². The normalized spacial score (nSPS) is 10.2. The smallest absolute Gasteiger partial charge is 0.335 e. The molecule has 0 atom stereocenters. The van der Waals surface area contributed by atoms with E-state index in [4.69, 9.17) is 5.11 Å². The number of rotatable bonds is 6. The van der Waals surface area contributed by atoms with Crippen LogP contribution < -0.4 is 4.72 Å². The van der Waals surface area contributed by atoms with Crippen molar-refractivity contribution < 1.29 is 9.90 Å². The molecule has 0 radical (unpaired) electrons. The predicted octanol–water partition coefficient (Wildman–Crippen LogP) is 2.78. The molecule has 0 aliphatic carbocycles. The molecular weight excluding hydrogens is 210 g/mol. The zero-order valence-electron chi connectivity index (χ0n) is 8.69. The standard InChI is InChI=1S/C11H15NO2S/c1-2-3-7-12-15-10-6-4-5-9(8-10)11(13)14/h4-6,8,12H,2-3,7H2,1H3,(H,13,14). The van der Waals surface area contributed by atoms with Gasteiger partial charge in [-0.05, 0) is 36.6 Å². The number of aromatic carboxylic acids is 1. The van der Waals surface area contributed by atoms with Crippen molar-refractivity contribution in [2.45, 2.75) is 24.7 Å². The summed E-state index contributed by atoms with van der Waals surface area (Å²) >= 11 is 1.48. The summed E-state index contributed by atoms with van der Waals surface area (Å²) < 4.78 is 3.19. The number of hydrogen-bond acceptors (Lipinski definition) is 3. The van der Waals surface area contributed by atoms with Crippen LogP contribution in [0, 0.1) is 0 Å². The lowest BCUT2D eigenvalue weighted by Crippen LogP contribution is -2.05. The summed E-state index contributed by atoms with van der Waals surface area (Å²) in [5.74, 6) is -0.883. The average molecular weight is 225 g/mol. The van der Waals surface area contributed by atoms with Gasteiger partial charge in [-0.3, -0.25) is 4.72 Å². The van der Waals surface area contributed by atoms with Crippen LogP contribution in [-0.2, 0) is 0 Å². The van der Waals surface area contributed by atoms with Crippen LogP contribution >= 0.6 is 11.9 Å². The van der Waals surface area contributed by atoms with E-state index in [1.54, 1.807) is 18.2 Å². The van der Waals surface area contributed by atoms with Crippen molar-refractivity contribution in [1.82, 2.24) is 4.72 Å². The molecular formula is C11H15NO2S. The first kappa shape index (κ1) is 12.1. The van der Waals surface area contributed by atoms with Crippen molar-refractivity contribution in [2.75, 3.05) is 6.54 Å². The Morgan fingerprint density at radius 2 is 2.33 bits per heavy atom. The van der Waals surface area contributed by atoms with Crippen LogP contribution in [0.5, 0.6) is 0 Å². The zero-order chi connectivity index (χ0) is 11.1. The molecule has 82 valence electrons. The Balaban J connectivity index is 2.47. The van der Waals surface area contributed by atoms with Gasteiger partial charge in [-0.2, -0.15) is 0 Å². The maximum absolute atomic E-state index is 10.7. The molecule has 1 aromatic rings. The maximum Gasteiger partial charge on any atom is 0.335 e. The topological polar surface area (TPSA) is 49.3 Å². The minimum Gasteiger partial charge on any atom is -0.478 e. The van der Waals surface area contributed by atoms with E-state index in [2.05, 4.69) is 11.6 Å². The Bertz CT molecular complexity index is 328. The third-order valence-corrected chi connectivity index (χ3v) is 2.74. The molecule has 0 aromatic heterocycles. The van der Waals surface area contributed by atoms with Crippen molar-refractivity contribution in [1.29, 1.82) is 0 Å². The fourth-order valence-electron chi connectivity index (χ4n) is 1.08. The number of nitrogens with one attached hydrogen (secondary N) is 1. The van der Waals surface area contributed by atoms with E-state index in [0.29, 0.717) is 5.56 Å². The molecule has 2 N–H and O–H groups in total. The Hall–Kier alpha value is -1.00. The zero-order valence-corrected chi connectivity index (χ0v) is 9.51. The first-order valence-corrected chi connectivity index (χ1v) is 5.78. The van der Waals surface area contributed by atoms with Gasteiger partial charge >= 0.3 is 5.97 Å². The van der Waals surface area contributed by atoms with Gasteiger partial charge in [-0.1, -0.05) is 19.4 Å². The van der Waals surface area contributed by atoms with Gasteiger partial charge in [-0.25, -0.2) is 4.79 Å². The third-order valence-electron chi connectivity index (χ3n) is 1.90. The van der Waals surface area contributed by atoms with E-state index in [9.17, 15) is 4.79 Å². The van der Waals surface area contributed by atoms with Crippen LogP contribution in [0.4, 0.5) is 0 Å². The van der Waals surface area contributed by atoms with Gasteiger partial charge in [-0.15, -0.1) is 0 Å². The molecule has 0 saturated heterocycles. The summed E-state index contributed by atoms with van der Waals surface area (Å²) in [4.78, 5) is 11.6. The fourth-order valence-corrected chi connectivity index (χ4v) is 1.82. The first-order valence-electron chi connectivity index (χ1n) is 4.97. The number of carboxylic acid groups (broad SMARTS) is 1. The second-order valence-corrected chi connectivity index (χ2v) is 4.15. The highest BCUT2D eigenvalue weighted by Gasteiger charge is 2.02. The van der Waals surface area contributed by atoms with Gasteiger partial charge in [0.1, 0.15) is 0 Å². The van der Waals surface area contributed by atoms with Gasteiger partial charge in [0.2, 0.25) is 0 Å². The summed E-state index contributed by atoms with van der Waals surface area (Å²) in [6, 6.07) is 6.92. The first-order chi connectivity index (χ1) is 7.24. The molecule has 3 nitrogen and oxygen atoms in total. The van der Waals surface area contributed by atoms with E-state index >= 15 is 0 Å². The Kier molecular flexibility index (Phi) is 5.21. The molecule has 0 saturated carbocycles. The number of benzene rings is 1. The predicted molar refractivity (Wildman–Crippen MR) is 62.2 cm³/mol. The monoisotopic (exact) mass is 225 g/mol. The molecule has 4 heteroatoms. The highest BCUT2D eigenvalue weighted by atomic mass is 32.2. The van der Waals surface area contributed by atoms with E-state index in [1.807, 2.05) is 6.07 Å². The van der Waals surface area contributed by atoms with Crippen LogP contribution in [0.15, 0.2) is 29.2 Å². The summed E-state index contributed by atoms with van der Waals surface area (Å²) in [5, 5.41) is 8.79. The maximum atomic E-state index is 10.7. The van der Waals surface area contributed by atoms with Gasteiger partial charge < -0.3 is 5.11 Å². The van der Waals surface area contributed by atoms with Gasteiger partial charge in [0, 0.05) is 11.4 Å². The lowest BCUT2D eigenvalue weighted by atomic mass is 10.2. The number of carboxylic acids is 1. The lowest BCUT2D eigenvalue weighted by molar-refractivity contribution is 0.0696. The highest BCUT2D eigenvalue weighted by molar-refractivity contribution is 7.97. The lowest BCUT2D eigenvalue weighted by Gasteiger charge is -2.03. The van der Waals surface area contributed by atoms with E-state index < -0.39 is 5.97 Å². The average Bonchev–Trinajstić information content (AvgIpc) is 2.25. The molecule has 0 spiro atoms. The number of hydrogen-bond donors (Lipinski definition) is 2. The number of unbranched alkanes of at least 4 members (excludes halogenated alkanes) is 1. The molecule has 0 bridgehead atoms. The van der Waals surface area contributed by atoms with E-state index in [0.717, 1.165) is 24.3 Å². The summed E-state index contributed by atoms with van der Waals surface area (Å²) in [5.41, 5.74) is 0.331. The van der Waals surface area contributed by atoms with Gasteiger partial charge in [0.25, 0.3) is 0 Å². The summed E-state index contributed by atoms with van der Waals surface area (Å²) in [7, 11) is 0. The third kappa shape index (κ3) is 4.36. The fraction of sp³-hybridized carbons (Fsp3) is 0.364. The van der Waals surface area contributed by atoms with E-state index in [-0.39, 0.29) is 0 Å². The van der Waals surface area contributed by atoms with Crippen LogP contribution in [-0.4, -0.2) is 17.6 Å². The van der Waals surface area contributed by atoms with Crippen molar-refractivity contribution in [3.63, 3.8) is 0 Å². The van der Waals surface area contributed by atoms with Crippen molar-refractivity contribution in [3.05, 3.63) is 29.8 Å². The van der Waals surface area contributed by atoms with Crippen molar-refractivity contribution in [2.24, 2.45) is 0 Å². The van der Waals surface area contributed by atoms with Crippen molar-refractivity contribution in [3.8, 4) is 0 Å². The molecule has 0 aliphatic heterocycles. The molecule has 1 rings (SSSR count). The summed E-state index contributed by atoms with van der Waals surface area (Å²) in [6.45, 7) is 3.08. The highest BCUT2D eigenvalue weighted by Crippen LogP contribution is 2.16. The minimum absolute atomic E-state index is 0.331. The molecule has 0 heterocycles. The molecule has 0 amide bonds. The molecule has 1 aromatic carbocycles. The second-order valence-electron chi connectivity index (χ2n) is 3.18. The molecule has 0 aliphatic rings. The minimum atomic E-state index is -0.883. The quantitative estimate of drug-likeness (QED) is 0.577. The van der Waals surface area contributed by atoms with Crippen LogP contribution in [0.2, 0.25) is 0 Å². The largest absolute Gasteiger partial charge is 0.478 e. The van der Waals surface area contributed by atoms with E-state index in [1.165, 1.54) is 11.9 Å². The summed E-state index contributed by atoms with van der Waals surface area (Å²) in [6.07, 6.45) is 2.29. The van der Waals surface area contributed by atoms with Gasteiger partial charge in [0.05, 0.1) is 5.56 Å². The Morgan fingerprint density at radius 3 is 3.00 bits per heavy atom. The molecule has 15 heavy (non-hydrogen) atoms. The Morgan fingerprint density at radius 1 is 1.53 bits per heavy atom. The Labute approximate surface area is 94.0 Å². The van der Waals surface area contributed by atoms with Crippen LogP contribution in [0.3, 0.4) is 0 Å². The second kappa shape index (κ2) is 6.48.